The van der Waals surface area contributed by atoms with Crippen LogP contribution in [-0.2, 0) is 0 Å². The summed E-state index contributed by atoms with van der Waals surface area (Å²) in [6.45, 7) is 3.68. The van der Waals surface area contributed by atoms with Gasteiger partial charge in [-0.2, -0.15) is 0 Å². The van der Waals surface area contributed by atoms with Crippen LogP contribution < -0.4 is 0 Å². The third-order valence-corrected chi connectivity index (χ3v) is 1.41. The van der Waals surface area contributed by atoms with E-state index in [2.05, 4.69) is 6.92 Å². The van der Waals surface area contributed by atoms with Gasteiger partial charge in [-0.15, -0.1) is 0 Å². The first-order valence-corrected chi connectivity index (χ1v) is 3.54. The van der Waals surface area contributed by atoms with Crippen LogP contribution in [0.15, 0.2) is 0 Å². The predicted molar refractivity (Wildman–Crippen MR) is 37.2 cm³/mol. The highest BCUT2D eigenvalue weighted by molar-refractivity contribution is 4.60. The summed E-state index contributed by atoms with van der Waals surface area (Å²) < 4.78 is 0. The quantitative estimate of drug-likeness (QED) is 0.597. The first-order valence-electron chi connectivity index (χ1n) is 3.54. The molecule has 0 aliphatic rings. The molecule has 0 amide bonds. The Morgan fingerprint density at radius 2 is 1.89 bits per heavy atom. The molecule has 0 rings (SSSR count). The van der Waals surface area contributed by atoms with Crippen molar-refractivity contribution in [2.45, 2.75) is 45.3 Å². The van der Waals surface area contributed by atoms with E-state index in [-0.39, 0.29) is 0 Å². The molecule has 0 saturated carbocycles. The smallest absolute Gasteiger partial charge is 0.0796 e. The highest BCUT2D eigenvalue weighted by Crippen LogP contribution is 2.03. The van der Waals surface area contributed by atoms with Gasteiger partial charge in [0.2, 0.25) is 0 Å². The fraction of sp³-hybridized carbons (Fsp3) is 1.00. The second-order valence-corrected chi connectivity index (χ2v) is 2.45. The molecule has 0 heterocycles. The van der Waals surface area contributed by atoms with Crippen molar-refractivity contribution in [1.29, 1.82) is 0 Å². The van der Waals surface area contributed by atoms with Gasteiger partial charge in [-0.05, 0) is 13.3 Å². The standard InChI is InChI=1S/C7H16O2/c1-3-4-5-7(9)6(2)8/h6-9H,3-5H2,1-2H3/t6-,7-/m0/s1. The van der Waals surface area contributed by atoms with Crippen LogP contribution in [0.2, 0.25) is 0 Å². The van der Waals surface area contributed by atoms with Crippen molar-refractivity contribution < 1.29 is 10.2 Å². The fourth-order valence-electron chi connectivity index (χ4n) is 0.654. The summed E-state index contributed by atoms with van der Waals surface area (Å²) in [6, 6.07) is 0. The van der Waals surface area contributed by atoms with Gasteiger partial charge in [0, 0.05) is 0 Å². The van der Waals surface area contributed by atoms with Gasteiger partial charge >= 0.3 is 0 Å². The zero-order valence-electron chi connectivity index (χ0n) is 6.17. The van der Waals surface area contributed by atoms with Gasteiger partial charge in [-0.3, -0.25) is 0 Å². The largest absolute Gasteiger partial charge is 0.391 e. The SMILES string of the molecule is CCCC[C@H](O)[C@H](C)O. The minimum absolute atomic E-state index is 0.523. The molecule has 2 atom stereocenters. The fourth-order valence-corrected chi connectivity index (χ4v) is 0.654. The average molecular weight is 132 g/mol. The Bertz CT molecular complexity index is 61.9. The molecular weight excluding hydrogens is 116 g/mol. The van der Waals surface area contributed by atoms with Crippen molar-refractivity contribution in [2.75, 3.05) is 0 Å². The van der Waals surface area contributed by atoms with Crippen molar-refractivity contribution in [3.05, 3.63) is 0 Å². The van der Waals surface area contributed by atoms with Crippen LogP contribution in [0.5, 0.6) is 0 Å². The summed E-state index contributed by atoms with van der Waals surface area (Å²) in [5.41, 5.74) is 0. The lowest BCUT2D eigenvalue weighted by atomic mass is 10.1. The maximum absolute atomic E-state index is 9.01. The van der Waals surface area contributed by atoms with E-state index < -0.39 is 12.2 Å². The summed E-state index contributed by atoms with van der Waals surface area (Å²) in [4.78, 5) is 0. The zero-order chi connectivity index (χ0) is 7.28. The molecule has 0 aromatic rings. The summed E-state index contributed by atoms with van der Waals surface area (Å²) in [5, 5.41) is 17.8. The lowest BCUT2D eigenvalue weighted by Crippen LogP contribution is -2.21. The van der Waals surface area contributed by atoms with Crippen LogP contribution in [0.3, 0.4) is 0 Å². The average Bonchev–Trinajstić information content (AvgIpc) is 1.82. The van der Waals surface area contributed by atoms with Crippen LogP contribution in [0.4, 0.5) is 0 Å². The third kappa shape index (κ3) is 4.43. The molecule has 0 aliphatic heterocycles. The summed E-state index contributed by atoms with van der Waals surface area (Å²) >= 11 is 0. The summed E-state index contributed by atoms with van der Waals surface area (Å²) in [5.74, 6) is 0. The molecule has 0 aliphatic carbocycles. The van der Waals surface area contributed by atoms with Gasteiger partial charge in [0.15, 0.2) is 0 Å². The molecule has 0 bridgehead atoms. The van der Waals surface area contributed by atoms with E-state index in [1.807, 2.05) is 0 Å². The van der Waals surface area contributed by atoms with E-state index >= 15 is 0 Å². The highest BCUT2D eigenvalue weighted by Gasteiger charge is 2.08. The van der Waals surface area contributed by atoms with E-state index in [4.69, 9.17) is 10.2 Å². The van der Waals surface area contributed by atoms with Gasteiger partial charge in [0.25, 0.3) is 0 Å². The number of unbranched alkanes of at least 4 members (excludes halogenated alkanes) is 1. The van der Waals surface area contributed by atoms with Crippen LogP contribution >= 0.6 is 0 Å². The first kappa shape index (κ1) is 8.92. The number of rotatable bonds is 4. The molecular formula is C7H16O2. The molecule has 56 valence electrons. The number of aliphatic hydroxyl groups excluding tert-OH is 2. The molecule has 0 aromatic heterocycles. The van der Waals surface area contributed by atoms with Gasteiger partial charge < -0.3 is 10.2 Å². The predicted octanol–water partition coefficient (Wildman–Crippen LogP) is 0.918. The minimum Gasteiger partial charge on any atom is -0.391 e. The monoisotopic (exact) mass is 132 g/mol. The van der Waals surface area contributed by atoms with Gasteiger partial charge in [0.1, 0.15) is 0 Å². The zero-order valence-corrected chi connectivity index (χ0v) is 6.17. The van der Waals surface area contributed by atoms with Gasteiger partial charge in [-0.1, -0.05) is 19.8 Å². The molecule has 0 unspecified atom stereocenters. The van der Waals surface area contributed by atoms with Crippen molar-refractivity contribution in [3.8, 4) is 0 Å². The summed E-state index contributed by atoms with van der Waals surface area (Å²) in [6.07, 6.45) is 1.69. The van der Waals surface area contributed by atoms with Crippen molar-refractivity contribution in [3.63, 3.8) is 0 Å². The molecule has 0 aromatic carbocycles. The van der Waals surface area contributed by atoms with E-state index in [1.54, 1.807) is 6.92 Å². The van der Waals surface area contributed by atoms with Gasteiger partial charge in [0.05, 0.1) is 12.2 Å². The van der Waals surface area contributed by atoms with E-state index in [0.29, 0.717) is 6.42 Å². The highest BCUT2D eigenvalue weighted by atomic mass is 16.3. The number of aliphatic hydroxyl groups is 2. The molecule has 2 nitrogen and oxygen atoms in total. The van der Waals surface area contributed by atoms with E-state index in [0.717, 1.165) is 12.8 Å². The van der Waals surface area contributed by atoms with Crippen LogP contribution in [0.1, 0.15) is 33.1 Å². The Morgan fingerprint density at radius 1 is 1.33 bits per heavy atom. The molecule has 0 radical (unpaired) electrons. The third-order valence-electron chi connectivity index (χ3n) is 1.41. The molecule has 0 saturated heterocycles. The lowest BCUT2D eigenvalue weighted by molar-refractivity contribution is 0.0250. The molecule has 2 N–H and O–H groups in total. The molecule has 0 fully saturated rings. The Labute approximate surface area is 56.5 Å². The van der Waals surface area contributed by atoms with Crippen LogP contribution in [0.25, 0.3) is 0 Å². The minimum atomic E-state index is -0.573. The first-order chi connectivity index (χ1) is 4.18. The second kappa shape index (κ2) is 4.77. The normalized spacial score (nSPS) is 17.3. The maximum Gasteiger partial charge on any atom is 0.0796 e. The molecule has 2 heteroatoms. The maximum atomic E-state index is 9.01. The Morgan fingerprint density at radius 3 is 2.22 bits per heavy atom. The van der Waals surface area contributed by atoms with Crippen LogP contribution in [0, 0.1) is 0 Å². The lowest BCUT2D eigenvalue weighted by Gasteiger charge is -2.11. The topological polar surface area (TPSA) is 40.5 Å². The van der Waals surface area contributed by atoms with Gasteiger partial charge in [-0.25, -0.2) is 0 Å². The van der Waals surface area contributed by atoms with Crippen LogP contribution in [-0.4, -0.2) is 22.4 Å². The number of hydrogen-bond donors (Lipinski definition) is 2. The van der Waals surface area contributed by atoms with Crippen molar-refractivity contribution >= 4 is 0 Å². The Kier molecular flexibility index (Phi) is 4.72. The van der Waals surface area contributed by atoms with E-state index in [1.165, 1.54) is 0 Å². The molecule has 0 spiro atoms. The molecule has 9 heavy (non-hydrogen) atoms. The van der Waals surface area contributed by atoms with E-state index in [9.17, 15) is 0 Å². The Hall–Kier alpha value is -0.0800. The number of hydrogen-bond acceptors (Lipinski definition) is 2. The second-order valence-electron chi connectivity index (χ2n) is 2.45. The van der Waals surface area contributed by atoms with Crippen molar-refractivity contribution in [2.24, 2.45) is 0 Å². The Balaban J connectivity index is 3.16. The summed E-state index contributed by atoms with van der Waals surface area (Å²) in [7, 11) is 0. The van der Waals surface area contributed by atoms with Crippen molar-refractivity contribution in [1.82, 2.24) is 0 Å².